The molecule has 1 aromatic heterocycles. The van der Waals surface area contributed by atoms with Crippen molar-refractivity contribution >= 4 is 17.6 Å². The zero-order chi connectivity index (χ0) is 19.1. The first-order valence-corrected chi connectivity index (χ1v) is 8.60. The van der Waals surface area contributed by atoms with Crippen molar-refractivity contribution in [1.82, 2.24) is 4.98 Å². The van der Waals surface area contributed by atoms with Gasteiger partial charge in [-0.1, -0.05) is 42.5 Å². The summed E-state index contributed by atoms with van der Waals surface area (Å²) < 4.78 is 4.73. The summed E-state index contributed by atoms with van der Waals surface area (Å²) in [5, 5.41) is 2.91. The highest BCUT2D eigenvalue weighted by Crippen LogP contribution is 2.23. The van der Waals surface area contributed by atoms with Crippen molar-refractivity contribution in [3.8, 4) is 0 Å². The third kappa shape index (κ3) is 4.79. The summed E-state index contributed by atoms with van der Waals surface area (Å²) in [5.74, 6) is -0.967. The lowest BCUT2D eigenvalue weighted by molar-refractivity contribution is -0.117. The smallest absolute Gasteiger partial charge is 0.337 e. The van der Waals surface area contributed by atoms with Crippen LogP contribution in [-0.2, 0) is 16.0 Å². The normalized spacial score (nSPS) is 11.4. The molecule has 3 aromatic rings. The Labute approximate surface area is 158 Å². The van der Waals surface area contributed by atoms with E-state index in [0.717, 1.165) is 11.1 Å². The molecule has 0 radical (unpaired) electrons. The summed E-state index contributed by atoms with van der Waals surface area (Å²) >= 11 is 0. The number of nitrogens with zero attached hydrogens (tertiary/aromatic N) is 1. The van der Waals surface area contributed by atoms with Gasteiger partial charge in [-0.2, -0.15) is 0 Å². The summed E-state index contributed by atoms with van der Waals surface area (Å²) in [6.45, 7) is 0. The van der Waals surface area contributed by atoms with Gasteiger partial charge in [-0.05, 0) is 41.8 Å². The van der Waals surface area contributed by atoms with E-state index in [1.807, 2.05) is 42.5 Å². The minimum Gasteiger partial charge on any atom is -0.465 e. The Morgan fingerprint density at radius 2 is 1.85 bits per heavy atom. The number of anilines is 1. The van der Waals surface area contributed by atoms with Crippen molar-refractivity contribution in [1.29, 1.82) is 0 Å². The largest absolute Gasteiger partial charge is 0.465 e. The maximum absolute atomic E-state index is 13.0. The third-order valence-electron chi connectivity index (χ3n) is 4.23. The Morgan fingerprint density at radius 3 is 2.56 bits per heavy atom. The fourth-order valence-electron chi connectivity index (χ4n) is 2.87. The molecule has 1 unspecified atom stereocenters. The van der Waals surface area contributed by atoms with Crippen LogP contribution in [0.5, 0.6) is 0 Å². The van der Waals surface area contributed by atoms with Gasteiger partial charge in [-0.3, -0.25) is 9.78 Å². The SMILES string of the molecule is COC(=O)c1cccc(NC(=O)C(Cc2cccnc2)c2ccccc2)c1. The third-order valence-corrected chi connectivity index (χ3v) is 4.23. The van der Waals surface area contributed by atoms with Gasteiger partial charge in [0.1, 0.15) is 0 Å². The predicted molar refractivity (Wildman–Crippen MR) is 104 cm³/mol. The summed E-state index contributed by atoms with van der Waals surface area (Å²) in [6.07, 6.45) is 4.00. The molecular formula is C22H20N2O3. The Bertz CT molecular complexity index is 911. The van der Waals surface area contributed by atoms with Crippen LogP contribution in [0, 0.1) is 0 Å². The van der Waals surface area contributed by atoms with E-state index in [0.29, 0.717) is 17.7 Å². The van der Waals surface area contributed by atoms with Gasteiger partial charge in [0, 0.05) is 18.1 Å². The van der Waals surface area contributed by atoms with Crippen LogP contribution in [0.4, 0.5) is 5.69 Å². The van der Waals surface area contributed by atoms with Crippen LogP contribution in [0.15, 0.2) is 79.1 Å². The zero-order valence-corrected chi connectivity index (χ0v) is 15.0. The van der Waals surface area contributed by atoms with Gasteiger partial charge in [0.05, 0.1) is 18.6 Å². The molecule has 2 aromatic carbocycles. The first-order chi connectivity index (χ1) is 13.2. The molecule has 0 aliphatic rings. The highest BCUT2D eigenvalue weighted by atomic mass is 16.5. The van der Waals surface area contributed by atoms with E-state index in [1.165, 1.54) is 7.11 Å². The Hall–Kier alpha value is -3.47. The van der Waals surface area contributed by atoms with Gasteiger partial charge < -0.3 is 10.1 Å². The molecule has 1 atom stereocenters. The second kappa shape index (κ2) is 8.76. The molecule has 5 heteroatoms. The molecule has 0 spiro atoms. The number of hydrogen-bond donors (Lipinski definition) is 1. The van der Waals surface area contributed by atoms with E-state index in [1.54, 1.807) is 36.7 Å². The lowest BCUT2D eigenvalue weighted by atomic mass is 9.91. The van der Waals surface area contributed by atoms with Crippen LogP contribution in [0.2, 0.25) is 0 Å². The molecule has 0 bridgehead atoms. The molecule has 0 saturated carbocycles. The van der Waals surface area contributed by atoms with E-state index >= 15 is 0 Å². The molecule has 0 aliphatic heterocycles. The number of amides is 1. The van der Waals surface area contributed by atoms with Crippen molar-refractivity contribution in [3.63, 3.8) is 0 Å². The highest BCUT2D eigenvalue weighted by molar-refractivity contribution is 5.97. The number of carbonyl (C=O) groups is 2. The number of esters is 1. The van der Waals surface area contributed by atoms with E-state index in [9.17, 15) is 9.59 Å². The summed E-state index contributed by atoms with van der Waals surface area (Å²) in [6, 6.07) is 20.1. The first kappa shape index (κ1) is 18.3. The average Bonchev–Trinajstić information content (AvgIpc) is 2.73. The number of nitrogens with one attached hydrogen (secondary N) is 1. The standard InChI is InChI=1S/C22H20N2O3/c1-27-22(26)18-10-5-11-19(14-18)24-21(25)20(17-8-3-2-4-9-17)13-16-7-6-12-23-15-16/h2-12,14-15,20H,13H2,1H3,(H,24,25). The van der Waals surface area contributed by atoms with Crippen LogP contribution in [0.25, 0.3) is 0 Å². The molecule has 0 fully saturated rings. The fourth-order valence-corrected chi connectivity index (χ4v) is 2.87. The second-order valence-corrected chi connectivity index (χ2v) is 6.09. The van der Waals surface area contributed by atoms with Gasteiger partial charge in [-0.25, -0.2) is 4.79 Å². The van der Waals surface area contributed by atoms with Gasteiger partial charge in [-0.15, -0.1) is 0 Å². The summed E-state index contributed by atoms with van der Waals surface area (Å²) in [7, 11) is 1.33. The minimum atomic E-state index is -0.443. The van der Waals surface area contributed by atoms with Crippen LogP contribution >= 0.6 is 0 Å². The van der Waals surface area contributed by atoms with Crippen molar-refractivity contribution in [2.45, 2.75) is 12.3 Å². The van der Waals surface area contributed by atoms with Gasteiger partial charge in [0.2, 0.25) is 5.91 Å². The highest BCUT2D eigenvalue weighted by Gasteiger charge is 2.21. The predicted octanol–water partition coefficient (Wildman–Crippen LogP) is 3.83. The molecule has 136 valence electrons. The first-order valence-electron chi connectivity index (χ1n) is 8.60. The van der Waals surface area contributed by atoms with Crippen molar-refractivity contribution < 1.29 is 14.3 Å². The van der Waals surface area contributed by atoms with Gasteiger partial charge >= 0.3 is 5.97 Å². The zero-order valence-electron chi connectivity index (χ0n) is 15.0. The van der Waals surface area contributed by atoms with E-state index < -0.39 is 5.97 Å². The van der Waals surface area contributed by atoms with E-state index in [-0.39, 0.29) is 11.8 Å². The molecule has 5 nitrogen and oxygen atoms in total. The molecule has 0 saturated heterocycles. The summed E-state index contributed by atoms with van der Waals surface area (Å²) in [4.78, 5) is 28.9. The van der Waals surface area contributed by atoms with Gasteiger partial charge in [0.25, 0.3) is 0 Å². The van der Waals surface area contributed by atoms with E-state index in [2.05, 4.69) is 10.3 Å². The summed E-state index contributed by atoms with van der Waals surface area (Å²) in [5.41, 5.74) is 2.83. The number of pyridine rings is 1. The number of hydrogen-bond acceptors (Lipinski definition) is 4. The molecule has 1 amide bonds. The van der Waals surface area contributed by atoms with Crippen LogP contribution in [0.3, 0.4) is 0 Å². The molecule has 27 heavy (non-hydrogen) atoms. The topological polar surface area (TPSA) is 68.3 Å². The van der Waals surface area contributed by atoms with Crippen LogP contribution in [-0.4, -0.2) is 24.0 Å². The van der Waals surface area contributed by atoms with E-state index in [4.69, 9.17) is 4.74 Å². The number of carbonyl (C=O) groups excluding carboxylic acids is 2. The monoisotopic (exact) mass is 360 g/mol. The van der Waals surface area contributed by atoms with Crippen molar-refractivity contribution in [2.24, 2.45) is 0 Å². The number of rotatable bonds is 6. The Balaban J connectivity index is 1.84. The minimum absolute atomic E-state index is 0.146. The lowest BCUT2D eigenvalue weighted by Gasteiger charge is -2.17. The molecule has 3 rings (SSSR count). The second-order valence-electron chi connectivity index (χ2n) is 6.09. The van der Waals surface area contributed by atoms with Crippen molar-refractivity contribution in [3.05, 3.63) is 95.8 Å². The molecule has 1 heterocycles. The number of aromatic nitrogens is 1. The number of benzene rings is 2. The number of methoxy groups -OCH3 is 1. The van der Waals surface area contributed by atoms with Crippen LogP contribution < -0.4 is 5.32 Å². The van der Waals surface area contributed by atoms with Crippen LogP contribution in [0.1, 0.15) is 27.4 Å². The lowest BCUT2D eigenvalue weighted by Crippen LogP contribution is -2.23. The molecule has 1 N–H and O–H groups in total. The molecule has 0 aliphatic carbocycles. The Morgan fingerprint density at radius 1 is 1.04 bits per heavy atom. The van der Waals surface area contributed by atoms with Gasteiger partial charge in [0.15, 0.2) is 0 Å². The quantitative estimate of drug-likeness (QED) is 0.678. The fraction of sp³-hybridized carbons (Fsp3) is 0.136. The number of ether oxygens (including phenoxy) is 1. The Kier molecular flexibility index (Phi) is 5.94. The maximum Gasteiger partial charge on any atom is 0.337 e. The molecular weight excluding hydrogens is 340 g/mol. The van der Waals surface area contributed by atoms with Crippen molar-refractivity contribution in [2.75, 3.05) is 12.4 Å². The average molecular weight is 360 g/mol. The maximum atomic E-state index is 13.0.